The number of carbonyl (C=O) groups is 2. The number of hydrogen-bond acceptors (Lipinski definition) is 4. The highest BCUT2D eigenvalue weighted by atomic mass is 32.1. The van der Waals surface area contributed by atoms with E-state index >= 15 is 0 Å². The summed E-state index contributed by atoms with van der Waals surface area (Å²) in [5.41, 5.74) is 2.04. The highest BCUT2D eigenvalue weighted by Crippen LogP contribution is 2.21. The summed E-state index contributed by atoms with van der Waals surface area (Å²) in [4.78, 5) is 28.5. The van der Waals surface area contributed by atoms with E-state index < -0.39 is 5.97 Å². The van der Waals surface area contributed by atoms with Gasteiger partial charge in [-0.15, -0.1) is 11.3 Å². The van der Waals surface area contributed by atoms with Gasteiger partial charge in [0.1, 0.15) is 5.69 Å². The van der Waals surface area contributed by atoms with Crippen LogP contribution in [0, 0.1) is 0 Å². The number of carboxylic acid groups (broad SMARTS) is 1. The van der Waals surface area contributed by atoms with Crippen molar-refractivity contribution in [3.05, 3.63) is 16.6 Å². The Hall–Kier alpha value is -1.43. The van der Waals surface area contributed by atoms with Gasteiger partial charge in [0.05, 0.1) is 11.9 Å². The van der Waals surface area contributed by atoms with Crippen molar-refractivity contribution in [2.45, 2.75) is 31.7 Å². The molecule has 1 aliphatic rings. The summed E-state index contributed by atoms with van der Waals surface area (Å²) in [6.07, 6.45) is 2.71. The van der Waals surface area contributed by atoms with E-state index in [1.807, 2.05) is 0 Å². The number of hydrogen-bond donors (Lipinski definition) is 1. The number of carboxylic acids is 1. The van der Waals surface area contributed by atoms with Crippen LogP contribution in [0.3, 0.4) is 0 Å². The first-order chi connectivity index (χ1) is 8.18. The molecule has 2 rings (SSSR count). The lowest BCUT2D eigenvalue weighted by atomic mass is 9.99. The number of piperidine rings is 1. The molecule has 0 bridgehead atoms. The largest absolute Gasteiger partial charge is 0.481 e. The molecule has 2 heterocycles. The van der Waals surface area contributed by atoms with Crippen LogP contribution < -0.4 is 0 Å². The molecule has 17 heavy (non-hydrogen) atoms. The average molecular weight is 254 g/mol. The van der Waals surface area contributed by atoms with Gasteiger partial charge in [-0.3, -0.25) is 9.59 Å². The van der Waals surface area contributed by atoms with Gasteiger partial charge in [0, 0.05) is 18.0 Å². The Morgan fingerprint density at radius 3 is 3.00 bits per heavy atom. The molecule has 0 aromatic carbocycles. The minimum atomic E-state index is -0.854. The quantitative estimate of drug-likeness (QED) is 0.889. The van der Waals surface area contributed by atoms with E-state index in [1.54, 1.807) is 15.8 Å². The van der Waals surface area contributed by atoms with Gasteiger partial charge in [0.25, 0.3) is 5.91 Å². The van der Waals surface area contributed by atoms with Crippen molar-refractivity contribution in [3.8, 4) is 0 Å². The summed E-state index contributed by atoms with van der Waals surface area (Å²) < 4.78 is 0. The summed E-state index contributed by atoms with van der Waals surface area (Å²) in [6.45, 7) is 0.633. The summed E-state index contributed by atoms with van der Waals surface area (Å²) >= 11 is 1.37. The summed E-state index contributed by atoms with van der Waals surface area (Å²) in [5, 5.41) is 10.5. The Labute approximate surface area is 103 Å². The first-order valence-corrected chi connectivity index (χ1v) is 6.53. The van der Waals surface area contributed by atoms with Crippen LogP contribution in [0.25, 0.3) is 0 Å². The third kappa shape index (κ3) is 2.82. The fourth-order valence-corrected chi connectivity index (χ4v) is 2.67. The predicted molar refractivity (Wildman–Crippen MR) is 63.0 cm³/mol. The monoisotopic (exact) mass is 254 g/mol. The fraction of sp³-hybridized carbons (Fsp3) is 0.545. The molecule has 1 fully saturated rings. The molecule has 0 radical (unpaired) electrons. The smallest absolute Gasteiger partial charge is 0.305 e. The summed E-state index contributed by atoms with van der Waals surface area (Å²) in [6, 6.07) is -0.185. The minimum Gasteiger partial charge on any atom is -0.481 e. The number of rotatable bonds is 3. The third-order valence-electron chi connectivity index (χ3n) is 2.95. The number of thiazole rings is 1. The predicted octanol–water partition coefficient (Wildman–Crippen LogP) is 1.61. The lowest BCUT2D eigenvalue weighted by Gasteiger charge is -2.34. The molecule has 92 valence electrons. The van der Waals surface area contributed by atoms with Gasteiger partial charge in [-0.05, 0) is 19.3 Å². The van der Waals surface area contributed by atoms with E-state index in [1.165, 1.54) is 11.3 Å². The number of likely N-dealkylation sites (tertiary alicyclic amines) is 1. The van der Waals surface area contributed by atoms with Gasteiger partial charge in [0.2, 0.25) is 0 Å². The van der Waals surface area contributed by atoms with Crippen LogP contribution in [-0.2, 0) is 4.79 Å². The molecule has 1 aromatic heterocycles. The maximum absolute atomic E-state index is 12.1. The van der Waals surface area contributed by atoms with Crippen molar-refractivity contribution in [1.82, 2.24) is 9.88 Å². The van der Waals surface area contributed by atoms with Gasteiger partial charge >= 0.3 is 5.97 Å². The van der Waals surface area contributed by atoms with E-state index in [2.05, 4.69) is 4.98 Å². The van der Waals surface area contributed by atoms with Crippen molar-refractivity contribution in [3.63, 3.8) is 0 Å². The second-order valence-corrected chi connectivity index (χ2v) is 4.84. The van der Waals surface area contributed by atoms with Gasteiger partial charge in [-0.1, -0.05) is 0 Å². The van der Waals surface area contributed by atoms with Crippen LogP contribution in [0.5, 0.6) is 0 Å². The molecule has 1 amide bonds. The van der Waals surface area contributed by atoms with Gasteiger partial charge in [0.15, 0.2) is 0 Å². The fourth-order valence-electron chi connectivity index (χ4n) is 2.15. The molecule has 1 atom stereocenters. The molecular weight excluding hydrogens is 240 g/mol. The zero-order valence-corrected chi connectivity index (χ0v) is 10.2. The normalized spacial score (nSPS) is 20.2. The number of carbonyl (C=O) groups excluding carboxylic acids is 1. The number of aliphatic carboxylic acids is 1. The van der Waals surface area contributed by atoms with E-state index in [9.17, 15) is 9.59 Å². The second kappa shape index (κ2) is 5.27. The zero-order chi connectivity index (χ0) is 12.3. The van der Waals surface area contributed by atoms with Crippen molar-refractivity contribution in [2.24, 2.45) is 0 Å². The van der Waals surface area contributed by atoms with Crippen molar-refractivity contribution in [1.29, 1.82) is 0 Å². The number of aromatic nitrogens is 1. The Morgan fingerprint density at radius 1 is 1.53 bits per heavy atom. The van der Waals surface area contributed by atoms with E-state index in [0.29, 0.717) is 12.2 Å². The topological polar surface area (TPSA) is 70.5 Å². The van der Waals surface area contributed by atoms with Crippen LogP contribution in [0.15, 0.2) is 10.9 Å². The van der Waals surface area contributed by atoms with Crippen LogP contribution in [0.4, 0.5) is 0 Å². The molecule has 1 aliphatic heterocycles. The Bertz CT molecular complexity index is 405. The first kappa shape index (κ1) is 12.0. The molecule has 1 N–H and O–H groups in total. The molecule has 1 unspecified atom stereocenters. The Balaban J connectivity index is 2.10. The van der Waals surface area contributed by atoms with Crippen LogP contribution >= 0.6 is 11.3 Å². The number of nitrogens with zero attached hydrogens (tertiary/aromatic N) is 2. The molecule has 6 heteroatoms. The molecule has 0 aliphatic carbocycles. The molecule has 0 saturated carbocycles. The van der Waals surface area contributed by atoms with Crippen molar-refractivity contribution >= 4 is 23.2 Å². The van der Waals surface area contributed by atoms with Gasteiger partial charge in [-0.2, -0.15) is 0 Å². The lowest BCUT2D eigenvalue weighted by Crippen LogP contribution is -2.44. The number of amides is 1. The maximum Gasteiger partial charge on any atom is 0.305 e. The van der Waals surface area contributed by atoms with E-state index in [-0.39, 0.29) is 18.4 Å². The van der Waals surface area contributed by atoms with Crippen LogP contribution in [0.2, 0.25) is 0 Å². The molecule has 5 nitrogen and oxygen atoms in total. The third-order valence-corrected chi connectivity index (χ3v) is 3.54. The van der Waals surface area contributed by atoms with Crippen LogP contribution in [0.1, 0.15) is 36.2 Å². The highest BCUT2D eigenvalue weighted by molar-refractivity contribution is 7.07. The average Bonchev–Trinajstić information content (AvgIpc) is 2.81. The Kier molecular flexibility index (Phi) is 3.73. The van der Waals surface area contributed by atoms with Gasteiger partial charge in [-0.25, -0.2) is 4.98 Å². The second-order valence-electron chi connectivity index (χ2n) is 4.12. The van der Waals surface area contributed by atoms with E-state index in [4.69, 9.17) is 5.11 Å². The summed E-state index contributed by atoms with van der Waals surface area (Å²) in [7, 11) is 0. The molecule has 1 aromatic rings. The summed E-state index contributed by atoms with van der Waals surface area (Å²) in [5.74, 6) is -0.995. The minimum absolute atomic E-state index is 0.0237. The highest BCUT2D eigenvalue weighted by Gasteiger charge is 2.29. The van der Waals surface area contributed by atoms with Crippen molar-refractivity contribution < 1.29 is 14.7 Å². The van der Waals surface area contributed by atoms with Crippen LogP contribution in [-0.4, -0.2) is 39.5 Å². The van der Waals surface area contributed by atoms with E-state index in [0.717, 1.165) is 19.3 Å². The zero-order valence-electron chi connectivity index (χ0n) is 9.33. The lowest BCUT2D eigenvalue weighted by molar-refractivity contribution is -0.138. The maximum atomic E-state index is 12.1. The molecule has 0 spiro atoms. The van der Waals surface area contributed by atoms with Crippen molar-refractivity contribution in [2.75, 3.05) is 6.54 Å². The van der Waals surface area contributed by atoms with Gasteiger partial charge < -0.3 is 10.0 Å². The SMILES string of the molecule is O=C(O)CC1CCCCN1C(=O)c1cscn1. The first-order valence-electron chi connectivity index (χ1n) is 5.59. The standard InChI is InChI=1S/C11H14N2O3S/c14-10(15)5-8-3-1-2-4-13(8)11(16)9-6-17-7-12-9/h6-8H,1-5H2,(H,14,15). The molecular formula is C11H14N2O3S. The Morgan fingerprint density at radius 2 is 2.35 bits per heavy atom. The molecule has 1 saturated heterocycles.